The SMILES string of the molecule is CNc1ccc(CC(N)C(=O)O)cc1.[CH3-].[V]. The Morgan fingerprint density at radius 1 is 1.44 bits per heavy atom. The van der Waals surface area contributed by atoms with Crippen LogP contribution in [0, 0.1) is 7.43 Å². The van der Waals surface area contributed by atoms with Crippen LogP contribution in [0.4, 0.5) is 5.69 Å². The van der Waals surface area contributed by atoms with Crippen LogP contribution in [0.2, 0.25) is 0 Å². The van der Waals surface area contributed by atoms with Crippen LogP contribution in [0.3, 0.4) is 0 Å². The molecule has 0 fully saturated rings. The molecule has 0 aromatic heterocycles. The summed E-state index contributed by atoms with van der Waals surface area (Å²) >= 11 is 0. The van der Waals surface area contributed by atoms with Gasteiger partial charge in [0.2, 0.25) is 0 Å². The van der Waals surface area contributed by atoms with Crippen molar-refractivity contribution in [2.24, 2.45) is 5.73 Å². The first-order chi connectivity index (χ1) is 6.63. The zero-order chi connectivity index (χ0) is 10.6. The van der Waals surface area contributed by atoms with E-state index in [1.54, 1.807) is 0 Å². The Hall–Kier alpha value is -0.966. The van der Waals surface area contributed by atoms with E-state index in [1.807, 2.05) is 31.3 Å². The molecule has 0 saturated heterocycles. The number of hydrogen-bond acceptors (Lipinski definition) is 3. The summed E-state index contributed by atoms with van der Waals surface area (Å²) in [5.74, 6) is -0.970. The van der Waals surface area contributed by atoms with Crippen LogP contribution in [0.5, 0.6) is 0 Å². The second-order valence-electron chi connectivity index (χ2n) is 3.10. The van der Waals surface area contributed by atoms with E-state index in [-0.39, 0.29) is 26.0 Å². The number of carboxylic acid groups (broad SMARTS) is 1. The number of carbonyl (C=O) groups is 1. The molecule has 0 heterocycles. The number of nitrogens with two attached hydrogens (primary N) is 1. The summed E-state index contributed by atoms with van der Waals surface area (Å²) in [6.45, 7) is 0. The van der Waals surface area contributed by atoms with E-state index in [4.69, 9.17) is 10.8 Å². The summed E-state index contributed by atoms with van der Waals surface area (Å²) in [4.78, 5) is 10.5. The van der Waals surface area contributed by atoms with Crippen molar-refractivity contribution in [2.75, 3.05) is 12.4 Å². The van der Waals surface area contributed by atoms with Crippen molar-refractivity contribution in [2.45, 2.75) is 12.5 Å². The van der Waals surface area contributed by atoms with Crippen LogP contribution in [-0.2, 0) is 29.8 Å². The Labute approximate surface area is 108 Å². The molecule has 1 aromatic carbocycles. The van der Waals surface area contributed by atoms with Gasteiger partial charge in [-0.3, -0.25) is 4.79 Å². The molecule has 0 aliphatic heterocycles. The minimum Gasteiger partial charge on any atom is -0.480 e. The first-order valence-electron chi connectivity index (χ1n) is 4.38. The minimum absolute atomic E-state index is 0. The second kappa shape index (κ2) is 8.22. The van der Waals surface area contributed by atoms with E-state index in [2.05, 4.69) is 5.32 Å². The smallest absolute Gasteiger partial charge is 0.320 e. The van der Waals surface area contributed by atoms with Gasteiger partial charge < -0.3 is 23.6 Å². The van der Waals surface area contributed by atoms with E-state index >= 15 is 0 Å². The third-order valence-corrected chi connectivity index (χ3v) is 2.02. The fourth-order valence-electron chi connectivity index (χ4n) is 1.15. The topological polar surface area (TPSA) is 75.3 Å². The van der Waals surface area contributed by atoms with Crippen molar-refractivity contribution in [3.63, 3.8) is 0 Å². The van der Waals surface area contributed by atoms with Gasteiger partial charge in [0.25, 0.3) is 0 Å². The molecular formula is C11H17N2O2V-. The fourth-order valence-corrected chi connectivity index (χ4v) is 1.15. The second-order valence-corrected chi connectivity index (χ2v) is 3.10. The molecule has 1 atom stereocenters. The van der Waals surface area contributed by atoms with Crippen molar-refractivity contribution < 1.29 is 28.5 Å². The van der Waals surface area contributed by atoms with Gasteiger partial charge in [0.15, 0.2) is 0 Å². The third kappa shape index (κ3) is 5.21. The summed E-state index contributed by atoms with van der Waals surface area (Å²) < 4.78 is 0. The number of carboxylic acids is 1. The average Bonchev–Trinajstić information content (AvgIpc) is 2.19. The van der Waals surface area contributed by atoms with Crippen molar-refractivity contribution >= 4 is 11.7 Å². The van der Waals surface area contributed by atoms with Crippen molar-refractivity contribution in [1.82, 2.24) is 0 Å². The minimum atomic E-state index is -0.970. The maximum absolute atomic E-state index is 10.5. The normalized spacial score (nSPS) is 10.6. The first-order valence-corrected chi connectivity index (χ1v) is 4.38. The molecule has 4 nitrogen and oxygen atoms in total. The Morgan fingerprint density at radius 2 is 1.94 bits per heavy atom. The fraction of sp³-hybridized carbons (Fsp3) is 0.273. The van der Waals surface area contributed by atoms with Gasteiger partial charge in [-0.25, -0.2) is 0 Å². The van der Waals surface area contributed by atoms with Crippen LogP contribution >= 0.6 is 0 Å². The molecule has 1 rings (SSSR count). The van der Waals surface area contributed by atoms with Crippen molar-refractivity contribution in [1.29, 1.82) is 0 Å². The van der Waals surface area contributed by atoms with Gasteiger partial charge in [-0.15, -0.1) is 0 Å². The molecular weight excluding hydrogens is 243 g/mol. The van der Waals surface area contributed by atoms with Gasteiger partial charge >= 0.3 is 5.97 Å². The van der Waals surface area contributed by atoms with Crippen molar-refractivity contribution in [3.8, 4) is 0 Å². The molecule has 89 valence electrons. The van der Waals surface area contributed by atoms with Crippen molar-refractivity contribution in [3.05, 3.63) is 37.3 Å². The largest absolute Gasteiger partial charge is 0.480 e. The number of benzene rings is 1. The maximum Gasteiger partial charge on any atom is 0.320 e. The third-order valence-electron chi connectivity index (χ3n) is 2.02. The zero-order valence-electron chi connectivity index (χ0n) is 9.47. The predicted molar refractivity (Wildman–Crippen MR) is 61.7 cm³/mol. The average molecular weight is 260 g/mol. The molecule has 1 unspecified atom stereocenters. The van der Waals surface area contributed by atoms with E-state index in [9.17, 15) is 4.79 Å². The molecule has 0 aliphatic carbocycles. The molecule has 0 aliphatic rings. The standard InChI is InChI=1S/C10H14N2O2.CH3.V/c1-12-8-4-2-7(3-5-8)6-9(11)10(13)14;;/h2-5,9,12H,6,11H2,1H3,(H,13,14);1H3;/q;-1;. The van der Waals surface area contributed by atoms with E-state index in [0.29, 0.717) is 6.42 Å². The number of rotatable bonds is 4. The molecule has 0 bridgehead atoms. The number of hydrogen-bond donors (Lipinski definition) is 3. The molecule has 5 heteroatoms. The molecule has 1 radical (unpaired) electrons. The Kier molecular flexibility index (Phi) is 8.95. The van der Waals surface area contributed by atoms with Gasteiger partial charge in [-0.2, -0.15) is 0 Å². The van der Waals surface area contributed by atoms with Crippen LogP contribution in [0.1, 0.15) is 5.56 Å². The zero-order valence-corrected chi connectivity index (χ0v) is 10.9. The molecule has 0 spiro atoms. The number of aliphatic carboxylic acids is 1. The van der Waals surface area contributed by atoms with Gasteiger partial charge in [-0.1, -0.05) is 12.1 Å². The number of anilines is 1. The van der Waals surface area contributed by atoms with Crippen LogP contribution < -0.4 is 11.1 Å². The Morgan fingerprint density at radius 3 is 2.31 bits per heavy atom. The maximum atomic E-state index is 10.5. The number of nitrogens with one attached hydrogen (secondary N) is 1. The summed E-state index contributed by atoms with van der Waals surface area (Å²) in [6.07, 6.45) is 0.360. The quantitative estimate of drug-likeness (QED) is 0.709. The van der Waals surface area contributed by atoms with E-state index in [1.165, 1.54) is 0 Å². The van der Waals surface area contributed by atoms with Gasteiger partial charge in [0.05, 0.1) is 0 Å². The molecule has 1 aromatic rings. The Balaban J connectivity index is 0. The van der Waals surface area contributed by atoms with E-state index in [0.717, 1.165) is 11.3 Å². The van der Waals surface area contributed by atoms with Gasteiger partial charge in [-0.05, 0) is 24.1 Å². The summed E-state index contributed by atoms with van der Waals surface area (Å²) in [6, 6.07) is 6.70. The predicted octanol–water partition coefficient (Wildman–Crippen LogP) is 1.13. The molecule has 4 N–H and O–H groups in total. The van der Waals surface area contributed by atoms with Crippen LogP contribution in [0.15, 0.2) is 24.3 Å². The van der Waals surface area contributed by atoms with Crippen LogP contribution in [0.25, 0.3) is 0 Å². The first kappa shape index (κ1) is 17.4. The van der Waals surface area contributed by atoms with Crippen LogP contribution in [-0.4, -0.2) is 24.2 Å². The summed E-state index contributed by atoms with van der Waals surface area (Å²) in [5, 5.41) is 11.6. The monoisotopic (exact) mass is 260 g/mol. The van der Waals surface area contributed by atoms with E-state index < -0.39 is 12.0 Å². The Bertz CT molecular complexity index is 314. The molecule has 16 heavy (non-hydrogen) atoms. The molecule has 0 saturated carbocycles. The van der Waals surface area contributed by atoms with Gasteiger partial charge in [0.1, 0.15) is 6.04 Å². The molecule has 0 amide bonds. The summed E-state index contributed by atoms with van der Waals surface area (Å²) in [5.41, 5.74) is 7.33. The summed E-state index contributed by atoms with van der Waals surface area (Å²) in [7, 11) is 1.83. The van der Waals surface area contributed by atoms with Gasteiger partial charge in [0, 0.05) is 31.3 Å².